The minimum absolute atomic E-state index is 0.134. The number of hydrogen-bond donors (Lipinski definition) is 2. The number of amides is 1. The second-order valence-corrected chi connectivity index (χ2v) is 2.49. The van der Waals surface area contributed by atoms with Crippen molar-refractivity contribution in [2.24, 2.45) is 0 Å². The average Bonchev–Trinajstić information content (AvgIpc) is 2.15. The number of pyridine rings is 1. The summed E-state index contributed by atoms with van der Waals surface area (Å²) in [5.74, 6) is 0. The summed E-state index contributed by atoms with van der Waals surface area (Å²) in [6.07, 6.45) is 1.76. The molecule has 1 amide bonds. The van der Waals surface area contributed by atoms with Gasteiger partial charge in [-0.05, 0) is 11.6 Å². The van der Waals surface area contributed by atoms with E-state index < -0.39 is 6.41 Å². The maximum absolute atomic E-state index is 10.3. The highest BCUT2D eigenvalue weighted by atomic mass is 16.5. The van der Waals surface area contributed by atoms with E-state index in [0.717, 1.165) is 10.5 Å². The van der Waals surface area contributed by atoms with E-state index in [0.29, 0.717) is 6.41 Å². The Bertz CT molecular complexity index is 263. The van der Waals surface area contributed by atoms with Crippen LogP contribution in [0.1, 0.15) is 5.56 Å². The lowest BCUT2D eigenvalue weighted by atomic mass is 10.3. The van der Waals surface area contributed by atoms with Gasteiger partial charge in [-0.15, -0.1) is 0 Å². The van der Waals surface area contributed by atoms with Crippen LogP contribution in [0.2, 0.25) is 0 Å². The van der Waals surface area contributed by atoms with Crippen LogP contribution in [0.25, 0.3) is 0 Å². The van der Waals surface area contributed by atoms with Gasteiger partial charge in [0, 0.05) is 12.4 Å². The summed E-state index contributed by atoms with van der Waals surface area (Å²) in [6.45, 7) is 0.134. The highest BCUT2D eigenvalue weighted by Crippen LogP contribution is 2.01. The molecular weight excluding hydrogens is 172 g/mol. The van der Waals surface area contributed by atoms with Gasteiger partial charge in [0.2, 0.25) is 12.8 Å². The van der Waals surface area contributed by atoms with Crippen LogP contribution in [0, 0.1) is 0 Å². The van der Waals surface area contributed by atoms with E-state index in [9.17, 15) is 4.79 Å². The molecule has 0 atom stereocenters. The minimum atomic E-state index is -1.77. The van der Waals surface area contributed by atoms with Crippen LogP contribution in [0.3, 0.4) is 0 Å². The van der Waals surface area contributed by atoms with Gasteiger partial charge >= 0.3 is 0 Å². The number of aliphatic hydroxyl groups is 2. The minimum Gasteiger partial charge on any atom is -0.351 e. The van der Waals surface area contributed by atoms with Crippen molar-refractivity contribution >= 4 is 6.41 Å². The van der Waals surface area contributed by atoms with Gasteiger partial charge in [-0.25, -0.2) is 0 Å². The van der Waals surface area contributed by atoms with Crippen molar-refractivity contribution in [3.05, 3.63) is 30.1 Å². The Morgan fingerprint density at radius 3 is 2.85 bits per heavy atom. The van der Waals surface area contributed by atoms with Crippen LogP contribution in [0.15, 0.2) is 24.5 Å². The fourth-order valence-corrected chi connectivity index (χ4v) is 0.876. The molecule has 0 saturated carbocycles. The molecule has 0 fully saturated rings. The van der Waals surface area contributed by atoms with Crippen LogP contribution < -0.4 is 0 Å². The third-order valence-electron chi connectivity index (χ3n) is 1.52. The fraction of sp³-hybridized carbons (Fsp3) is 0.250. The Hall–Kier alpha value is -1.46. The summed E-state index contributed by atoms with van der Waals surface area (Å²) >= 11 is 0. The number of carbonyl (C=O) groups excluding carboxylic acids is 1. The van der Waals surface area contributed by atoms with Gasteiger partial charge in [0.25, 0.3) is 0 Å². The van der Waals surface area contributed by atoms with Gasteiger partial charge in [-0.3, -0.25) is 14.7 Å². The molecule has 70 valence electrons. The lowest BCUT2D eigenvalue weighted by Crippen LogP contribution is -2.32. The first-order chi connectivity index (χ1) is 6.24. The number of nitrogens with zero attached hydrogens (tertiary/aromatic N) is 2. The van der Waals surface area contributed by atoms with Crippen molar-refractivity contribution < 1.29 is 15.0 Å². The molecule has 0 saturated heterocycles. The molecule has 5 nitrogen and oxygen atoms in total. The van der Waals surface area contributed by atoms with Crippen molar-refractivity contribution in [1.82, 2.24) is 9.88 Å². The molecule has 1 aromatic heterocycles. The van der Waals surface area contributed by atoms with Gasteiger partial charge in [0.15, 0.2) is 0 Å². The molecule has 1 rings (SSSR count). The van der Waals surface area contributed by atoms with Crippen LogP contribution >= 0.6 is 0 Å². The normalized spacial score (nSPS) is 10.1. The van der Waals surface area contributed by atoms with Crippen LogP contribution in [-0.4, -0.2) is 32.9 Å². The van der Waals surface area contributed by atoms with E-state index in [1.165, 1.54) is 0 Å². The summed E-state index contributed by atoms with van der Waals surface area (Å²) in [5.41, 5.74) is 0.739. The predicted molar refractivity (Wildman–Crippen MR) is 44.1 cm³/mol. The first-order valence-electron chi connectivity index (χ1n) is 3.70. The van der Waals surface area contributed by atoms with Gasteiger partial charge in [-0.1, -0.05) is 6.07 Å². The van der Waals surface area contributed by atoms with Crippen LogP contribution in [0.4, 0.5) is 0 Å². The first-order valence-corrected chi connectivity index (χ1v) is 3.70. The highest BCUT2D eigenvalue weighted by molar-refractivity contribution is 5.47. The Labute approximate surface area is 75.3 Å². The third kappa shape index (κ3) is 2.81. The molecular formula is C8H10N2O3. The third-order valence-corrected chi connectivity index (χ3v) is 1.52. The van der Waals surface area contributed by atoms with E-state index in [4.69, 9.17) is 10.2 Å². The Morgan fingerprint density at radius 2 is 2.38 bits per heavy atom. The van der Waals surface area contributed by atoms with E-state index in [-0.39, 0.29) is 6.54 Å². The summed E-state index contributed by atoms with van der Waals surface area (Å²) < 4.78 is 0. The SMILES string of the molecule is O=CN(Cc1cccnc1)C(O)O. The standard InChI is InChI=1S/C8H10N2O3/c11-6-10(8(12)13)5-7-2-1-3-9-4-7/h1-4,6,8,12-13H,5H2. The molecule has 5 heteroatoms. The predicted octanol–water partition coefficient (Wildman–Crippen LogP) is -0.692. The molecule has 0 aliphatic heterocycles. The molecule has 2 N–H and O–H groups in total. The molecule has 0 spiro atoms. The van der Waals surface area contributed by atoms with Gasteiger partial charge < -0.3 is 10.2 Å². The zero-order valence-electron chi connectivity index (χ0n) is 6.87. The second kappa shape index (κ2) is 4.54. The van der Waals surface area contributed by atoms with Crippen molar-refractivity contribution in [2.75, 3.05) is 0 Å². The Morgan fingerprint density at radius 1 is 1.62 bits per heavy atom. The zero-order valence-corrected chi connectivity index (χ0v) is 6.87. The topological polar surface area (TPSA) is 73.7 Å². The smallest absolute Gasteiger partial charge is 0.237 e. The maximum atomic E-state index is 10.3. The number of aromatic nitrogens is 1. The molecule has 0 unspecified atom stereocenters. The highest BCUT2D eigenvalue weighted by Gasteiger charge is 2.09. The largest absolute Gasteiger partial charge is 0.351 e. The Balaban J connectivity index is 2.62. The summed E-state index contributed by atoms with van der Waals surface area (Å²) in [4.78, 5) is 15.0. The molecule has 13 heavy (non-hydrogen) atoms. The fourth-order valence-electron chi connectivity index (χ4n) is 0.876. The van der Waals surface area contributed by atoms with Gasteiger partial charge in [0.1, 0.15) is 0 Å². The van der Waals surface area contributed by atoms with Gasteiger partial charge in [0.05, 0.1) is 6.54 Å². The van der Waals surface area contributed by atoms with E-state index in [2.05, 4.69) is 4.98 Å². The lowest BCUT2D eigenvalue weighted by Gasteiger charge is -2.18. The molecule has 0 aliphatic rings. The molecule has 1 aromatic rings. The lowest BCUT2D eigenvalue weighted by molar-refractivity contribution is -0.167. The average molecular weight is 182 g/mol. The van der Waals surface area contributed by atoms with E-state index in [1.807, 2.05) is 0 Å². The molecule has 0 bridgehead atoms. The van der Waals surface area contributed by atoms with E-state index >= 15 is 0 Å². The second-order valence-electron chi connectivity index (χ2n) is 2.49. The van der Waals surface area contributed by atoms with Crippen molar-refractivity contribution in [3.8, 4) is 0 Å². The molecule has 0 aromatic carbocycles. The van der Waals surface area contributed by atoms with Crippen LogP contribution in [-0.2, 0) is 11.3 Å². The summed E-state index contributed by atoms with van der Waals surface area (Å²) in [6, 6.07) is 3.45. The monoisotopic (exact) mass is 182 g/mol. The van der Waals surface area contributed by atoms with Gasteiger partial charge in [-0.2, -0.15) is 0 Å². The number of aliphatic hydroxyl groups excluding tert-OH is 1. The maximum Gasteiger partial charge on any atom is 0.237 e. The summed E-state index contributed by atoms with van der Waals surface area (Å²) in [7, 11) is 0. The van der Waals surface area contributed by atoms with E-state index in [1.54, 1.807) is 24.5 Å². The summed E-state index contributed by atoms with van der Waals surface area (Å²) in [5, 5.41) is 17.4. The van der Waals surface area contributed by atoms with Crippen molar-refractivity contribution in [3.63, 3.8) is 0 Å². The zero-order chi connectivity index (χ0) is 9.68. The quantitative estimate of drug-likeness (QED) is 0.477. The Kier molecular flexibility index (Phi) is 3.36. The first kappa shape index (κ1) is 9.63. The van der Waals surface area contributed by atoms with Crippen molar-refractivity contribution in [1.29, 1.82) is 0 Å². The molecule has 0 radical (unpaired) electrons. The molecule has 0 aliphatic carbocycles. The number of carbonyl (C=O) groups is 1. The molecule has 1 heterocycles. The number of rotatable bonds is 4. The van der Waals surface area contributed by atoms with Crippen LogP contribution in [0.5, 0.6) is 0 Å². The van der Waals surface area contributed by atoms with Crippen molar-refractivity contribution in [2.45, 2.75) is 13.0 Å². The number of hydrogen-bond acceptors (Lipinski definition) is 4.